The molecule has 2 rings (SSSR count). The standard InChI is InChI=1S/C16H20O/c1-3-4-9-16(17)15-11-14-8-6-5-7-13(14)10-12(15)2/h5-8,11-12H,3-4,9-10H2,1-2H3. The zero-order valence-corrected chi connectivity index (χ0v) is 10.7. The molecule has 0 saturated carbocycles. The van der Waals surface area contributed by atoms with Crippen LogP contribution < -0.4 is 0 Å². The highest BCUT2D eigenvalue weighted by molar-refractivity contribution is 6.00. The van der Waals surface area contributed by atoms with Gasteiger partial charge in [-0.1, -0.05) is 44.5 Å². The molecule has 0 aromatic heterocycles. The molecule has 0 aliphatic heterocycles. The van der Waals surface area contributed by atoms with Gasteiger partial charge in [0.2, 0.25) is 0 Å². The third kappa shape index (κ3) is 2.66. The van der Waals surface area contributed by atoms with Crippen LogP contribution in [0, 0.1) is 5.92 Å². The first-order valence-electron chi connectivity index (χ1n) is 6.55. The summed E-state index contributed by atoms with van der Waals surface area (Å²) in [5, 5.41) is 0. The molecule has 1 unspecified atom stereocenters. The van der Waals surface area contributed by atoms with Crippen molar-refractivity contribution in [1.82, 2.24) is 0 Å². The van der Waals surface area contributed by atoms with Gasteiger partial charge < -0.3 is 0 Å². The molecule has 0 saturated heterocycles. The molecular weight excluding hydrogens is 208 g/mol. The molecule has 90 valence electrons. The normalized spacial score (nSPS) is 18.5. The molecule has 0 amide bonds. The third-order valence-electron chi connectivity index (χ3n) is 3.50. The third-order valence-corrected chi connectivity index (χ3v) is 3.50. The molecule has 0 fully saturated rings. The molecule has 1 heteroatoms. The summed E-state index contributed by atoms with van der Waals surface area (Å²) < 4.78 is 0. The first-order valence-corrected chi connectivity index (χ1v) is 6.55. The maximum absolute atomic E-state index is 12.1. The first-order chi connectivity index (χ1) is 8.22. The summed E-state index contributed by atoms with van der Waals surface area (Å²) in [7, 11) is 0. The van der Waals surface area contributed by atoms with Crippen LogP contribution in [0.1, 0.15) is 44.2 Å². The molecule has 0 spiro atoms. The second-order valence-corrected chi connectivity index (χ2v) is 4.93. The second kappa shape index (κ2) is 5.31. The van der Waals surface area contributed by atoms with E-state index in [1.54, 1.807) is 0 Å². The minimum absolute atomic E-state index is 0.342. The Morgan fingerprint density at radius 3 is 2.88 bits per heavy atom. The molecular formula is C16H20O. The van der Waals surface area contributed by atoms with Gasteiger partial charge in [-0.25, -0.2) is 0 Å². The van der Waals surface area contributed by atoms with Crippen LogP contribution in [-0.4, -0.2) is 5.78 Å². The second-order valence-electron chi connectivity index (χ2n) is 4.93. The van der Waals surface area contributed by atoms with Crippen molar-refractivity contribution in [2.75, 3.05) is 0 Å². The maximum atomic E-state index is 12.1. The van der Waals surface area contributed by atoms with Crippen LogP contribution in [0.15, 0.2) is 29.8 Å². The Labute approximate surface area is 104 Å². The van der Waals surface area contributed by atoms with Crippen molar-refractivity contribution in [3.05, 3.63) is 41.0 Å². The van der Waals surface area contributed by atoms with E-state index in [1.165, 1.54) is 11.1 Å². The minimum Gasteiger partial charge on any atom is -0.295 e. The minimum atomic E-state index is 0.342. The van der Waals surface area contributed by atoms with Gasteiger partial charge in [0.25, 0.3) is 0 Å². The van der Waals surface area contributed by atoms with Gasteiger partial charge in [-0.2, -0.15) is 0 Å². The average Bonchev–Trinajstić information content (AvgIpc) is 2.35. The predicted octanol–water partition coefficient (Wildman–Crippen LogP) is 4.02. The molecule has 1 nitrogen and oxygen atoms in total. The molecule has 0 heterocycles. The highest BCUT2D eigenvalue weighted by atomic mass is 16.1. The van der Waals surface area contributed by atoms with Crippen molar-refractivity contribution in [3.8, 4) is 0 Å². The lowest BCUT2D eigenvalue weighted by molar-refractivity contribution is -0.116. The molecule has 1 aliphatic rings. The van der Waals surface area contributed by atoms with Gasteiger partial charge >= 0.3 is 0 Å². The fraction of sp³-hybridized carbons (Fsp3) is 0.438. The summed E-state index contributed by atoms with van der Waals surface area (Å²) in [5.74, 6) is 0.711. The number of benzene rings is 1. The van der Waals surface area contributed by atoms with E-state index in [4.69, 9.17) is 0 Å². The van der Waals surface area contributed by atoms with E-state index in [0.29, 0.717) is 18.1 Å². The number of hydrogen-bond acceptors (Lipinski definition) is 1. The Morgan fingerprint density at radius 2 is 2.12 bits per heavy atom. The maximum Gasteiger partial charge on any atom is 0.159 e. The number of carbonyl (C=O) groups excluding carboxylic acids is 1. The number of hydrogen-bond donors (Lipinski definition) is 0. The molecule has 1 aromatic rings. The van der Waals surface area contributed by atoms with Crippen molar-refractivity contribution in [2.24, 2.45) is 5.92 Å². The van der Waals surface area contributed by atoms with Crippen molar-refractivity contribution >= 4 is 11.9 Å². The van der Waals surface area contributed by atoms with Crippen LogP contribution in [0.3, 0.4) is 0 Å². The average molecular weight is 228 g/mol. The summed E-state index contributed by atoms with van der Waals surface area (Å²) in [4.78, 5) is 12.1. The fourth-order valence-corrected chi connectivity index (χ4v) is 2.45. The lowest BCUT2D eigenvalue weighted by Crippen LogP contribution is -2.16. The number of unbranched alkanes of at least 4 members (excludes halogenated alkanes) is 1. The van der Waals surface area contributed by atoms with E-state index in [2.05, 4.69) is 38.1 Å². The van der Waals surface area contributed by atoms with E-state index in [0.717, 1.165) is 24.8 Å². The number of ketones is 1. The van der Waals surface area contributed by atoms with Crippen LogP contribution in [0.5, 0.6) is 0 Å². The highest BCUT2D eigenvalue weighted by Crippen LogP contribution is 2.29. The van der Waals surface area contributed by atoms with Gasteiger partial charge in [0.05, 0.1) is 0 Å². The first kappa shape index (κ1) is 12.1. The summed E-state index contributed by atoms with van der Waals surface area (Å²) in [6, 6.07) is 8.38. The number of rotatable bonds is 4. The number of allylic oxidation sites excluding steroid dienone is 1. The van der Waals surface area contributed by atoms with Crippen molar-refractivity contribution < 1.29 is 4.79 Å². The van der Waals surface area contributed by atoms with Crippen LogP contribution >= 0.6 is 0 Å². The van der Waals surface area contributed by atoms with Crippen molar-refractivity contribution in [3.63, 3.8) is 0 Å². The van der Waals surface area contributed by atoms with E-state index < -0.39 is 0 Å². The lowest BCUT2D eigenvalue weighted by atomic mass is 9.82. The van der Waals surface area contributed by atoms with Gasteiger partial charge in [-0.05, 0) is 41.5 Å². The summed E-state index contributed by atoms with van der Waals surface area (Å²) in [6.45, 7) is 4.28. The Hall–Kier alpha value is -1.37. The van der Waals surface area contributed by atoms with E-state index in [9.17, 15) is 4.79 Å². The van der Waals surface area contributed by atoms with Crippen LogP contribution in [0.25, 0.3) is 6.08 Å². The number of fused-ring (bicyclic) bond motifs is 1. The molecule has 17 heavy (non-hydrogen) atoms. The van der Waals surface area contributed by atoms with E-state index in [-0.39, 0.29) is 0 Å². The zero-order valence-electron chi connectivity index (χ0n) is 10.7. The fourth-order valence-electron chi connectivity index (χ4n) is 2.45. The van der Waals surface area contributed by atoms with Gasteiger partial charge in [0.15, 0.2) is 5.78 Å². The molecule has 1 atom stereocenters. The Kier molecular flexibility index (Phi) is 3.78. The van der Waals surface area contributed by atoms with Gasteiger partial charge in [0.1, 0.15) is 0 Å². The topological polar surface area (TPSA) is 17.1 Å². The summed E-state index contributed by atoms with van der Waals surface area (Å²) in [6.07, 6.45) is 5.89. The number of carbonyl (C=O) groups is 1. The predicted molar refractivity (Wildman–Crippen MR) is 71.8 cm³/mol. The van der Waals surface area contributed by atoms with Crippen molar-refractivity contribution in [2.45, 2.75) is 39.5 Å². The molecule has 0 radical (unpaired) electrons. The van der Waals surface area contributed by atoms with Crippen LogP contribution in [0.2, 0.25) is 0 Å². The molecule has 0 bridgehead atoms. The largest absolute Gasteiger partial charge is 0.295 e. The monoisotopic (exact) mass is 228 g/mol. The van der Waals surface area contributed by atoms with Crippen molar-refractivity contribution in [1.29, 1.82) is 0 Å². The summed E-state index contributed by atoms with van der Waals surface area (Å²) >= 11 is 0. The lowest BCUT2D eigenvalue weighted by Gasteiger charge is -2.22. The van der Waals surface area contributed by atoms with Gasteiger partial charge in [-0.15, -0.1) is 0 Å². The van der Waals surface area contributed by atoms with Gasteiger partial charge in [-0.3, -0.25) is 4.79 Å². The molecule has 1 aromatic carbocycles. The Bertz CT molecular complexity index is 443. The van der Waals surface area contributed by atoms with Gasteiger partial charge in [0, 0.05) is 6.42 Å². The summed E-state index contributed by atoms with van der Waals surface area (Å²) in [5.41, 5.74) is 3.62. The smallest absolute Gasteiger partial charge is 0.159 e. The quantitative estimate of drug-likeness (QED) is 0.760. The van der Waals surface area contributed by atoms with E-state index >= 15 is 0 Å². The SMILES string of the molecule is CCCCC(=O)C1=Cc2ccccc2CC1C. The van der Waals surface area contributed by atoms with Crippen LogP contribution in [-0.2, 0) is 11.2 Å². The Morgan fingerprint density at radius 1 is 1.35 bits per heavy atom. The highest BCUT2D eigenvalue weighted by Gasteiger charge is 2.21. The molecule has 1 aliphatic carbocycles. The molecule has 0 N–H and O–H groups in total. The number of Topliss-reactive ketones (excluding diaryl/α,β-unsaturated/α-hetero) is 1. The Balaban J connectivity index is 2.23. The van der Waals surface area contributed by atoms with E-state index in [1.807, 2.05) is 6.07 Å². The van der Waals surface area contributed by atoms with Crippen LogP contribution in [0.4, 0.5) is 0 Å². The zero-order chi connectivity index (χ0) is 12.3.